The summed E-state index contributed by atoms with van der Waals surface area (Å²) in [5, 5.41) is 12.0. The van der Waals surface area contributed by atoms with Crippen molar-refractivity contribution in [2.75, 3.05) is 5.32 Å². The van der Waals surface area contributed by atoms with Crippen molar-refractivity contribution in [3.8, 4) is 5.75 Å². The molecule has 0 bridgehead atoms. The zero-order valence-corrected chi connectivity index (χ0v) is 11.6. The zero-order valence-electron chi connectivity index (χ0n) is 11.6. The number of benzene rings is 2. The van der Waals surface area contributed by atoms with Crippen LogP contribution in [0.4, 0.5) is 5.69 Å². The van der Waals surface area contributed by atoms with Crippen LogP contribution < -0.4 is 5.32 Å². The fourth-order valence-electron chi connectivity index (χ4n) is 1.97. The molecular formula is C17H19NO2. The topological polar surface area (TPSA) is 49.3 Å². The number of nitrogens with one attached hydrogen (secondary N) is 1. The molecule has 0 aliphatic rings. The van der Waals surface area contributed by atoms with Crippen LogP contribution >= 0.6 is 0 Å². The SMILES string of the molecule is CCc1ccc(CCC(=O)Nc2ccc(O)cc2)cc1. The number of hydrogen-bond acceptors (Lipinski definition) is 2. The van der Waals surface area contributed by atoms with Gasteiger partial charge in [-0.1, -0.05) is 31.2 Å². The fraction of sp³-hybridized carbons (Fsp3) is 0.235. The van der Waals surface area contributed by atoms with E-state index in [4.69, 9.17) is 0 Å². The highest BCUT2D eigenvalue weighted by atomic mass is 16.3. The Morgan fingerprint density at radius 1 is 1.00 bits per heavy atom. The molecule has 3 nitrogen and oxygen atoms in total. The maximum atomic E-state index is 11.8. The van der Waals surface area contributed by atoms with Gasteiger partial charge in [0.15, 0.2) is 0 Å². The van der Waals surface area contributed by atoms with Crippen molar-refractivity contribution < 1.29 is 9.90 Å². The van der Waals surface area contributed by atoms with Crippen LogP contribution in [0.5, 0.6) is 5.75 Å². The van der Waals surface area contributed by atoms with Crippen LogP contribution in [0.3, 0.4) is 0 Å². The highest BCUT2D eigenvalue weighted by molar-refractivity contribution is 5.90. The van der Waals surface area contributed by atoms with Gasteiger partial charge >= 0.3 is 0 Å². The summed E-state index contributed by atoms with van der Waals surface area (Å²) in [7, 11) is 0. The van der Waals surface area contributed by atoms with Crippen molar-refractivity contribution in [3.05, 3.63) is 59.7 Å². The summed E-state index contributed by atoms with van der Waals surface area (Å²) in [6.45, 7) is 2.13. The maximum Gasteiger partial charge on any atom is 0.224 e. The van der Waals surface area contributed by atoms with Crippen molar-refractivity contribution in [2.24, 2.45) is 0 Å². The Bertz CT molecular complexity index is 559. The predicted molar refractivity (Wildman–Crippen MR) is 80.9 cm³/mol. The normalized spacial score (nSPS) is 10.2. The Morgan fingerprint density at radius 2 is 1.60 bits per heavy atom. The van der Waals surface area contributed by atoms with Crippen LogP contribution in [0.1, 0.15) is 24.5 Å². The van der Waals surface area contributed by atoms with E-state index in [1.807, 2.05) is 0 Å². The molecule has 2 N–H and O–H groups in total. The van der Waals surface area contributed by atoms with Crippen molar-refractivity contribution in [1.82, 2.24) is 0 Å². The van der Waals surface area contributed by atoms with Crippen molar-refractivity contribution in [1.29, 1.82) is 0 Å². The monoisotopic (exact) mass is 269 g/mol. The van der Waals surface area contributed by atoms with Gasteiger partial charge in [-0.15, -0.1) is 0 Å². The van der Waals surface area contributed by atoms with E-state index in [1.54, 1.807) is 24.3 Å². The average Bonchev–Trinajstić information content (AvgIpc) is 2.48. The molecule has 104 valence electrons. The molecule has 2 aromatic carbocycles. The lowest BCUT2D eigenvalue weighted by Crippen LogP contribution is -2.12. The first-order valence-electron chi connectivity index (χ1n) is 6.84. The summed E-state index contributed by atoms with van der Waals surface area (Å²) in [6, 6.07) is 14.8. The minimum absolute atomic E-state index is 0.0183. The van der Waals surface area contributed by atoms with Gasteiger partial charge in [0.1, 0.15) is 5.75 Å². The Morgan fingerprint density at radius 3 is 2.20 bits per heavy atom. The standard InChI is InChI=1S/C17H19NO2/c1-2-13-3-5-14(6-4-13)7-12-17(20)18-15-8-10-16(19)11-9-15/h3-6,8-11,19H,2,7,12H2,1H3,(H,18,20). The van der Waals surface area contributed by atoms with Gasteiger partial charge in [-0.3, -0.25) is 4.79 Å². The van der Waals surface area contributed by atoms with E-state index in [2.05, 4.69) is 36.5 Å². The first kappa shape index (κ1) is 14.1. The van der Waals surface area contributed by atoms with Crippen LogP contribution in [0.25, 0.3) is 0 Å². The van der Waals surface area contributed by atoms with Gasteiger partial charge in [-0.25, -0.2) is 0 Å². The number of rotatable bonds is 5. The van der Waals surface area contributed by atoms with Crippen LogP contribution in [0, 0.1) is 0 Å². The van der Waals surface area contributed by atoms with Crippen molar-refractivity contribution in [3.63, 3.8) is 0 Å². The lowest BCUT2D eigenvalue weighted by molar-refractivity contribution is -0.116. The second-order valence-electron chi connectivity index (χ2n) is 4.77. The van der Waals surface area contributed by atoms with E-state index in [0.29, 0.717) is 12.1 Å². The Balaban J connectivity index is 1.83. The minimum Gasteiger partial charge on any atom is -0.508 e. The van der Waals surface area contributed by atoms with Gasteiger partial charge in [0.2, 0.25) is 5.91 Å². The minimum atomic E-state index is -0.0183. The van der Waals surface area contributed by atoms with E-state index in [-0.39, 0.29) is 11.7 Å². The van der Waals surface area contributed by atoms with E-state index in [1.165, 1.54) is 11.1 Å². The van der Waals surface area contributed by atoms with E-state index >= 15 is 0 Å². The van der Waals surface area contributed by atoms with E-state index in [0.717, 1.165) is 12.8 Å². The molecule has 0 atom stereocenters. The number of phenolic OH excluding ortho intramolecular Hbond substituents is 1. The Hall–Kier alpha value is -2.29. The molecule has 0 radical (unpaired) electrons. The highest BCUT2D eigenvalue weighted by Gasteiger charge is 2.03. The van der Waals surface area contributed by atoms with Gasteiger partial charge in [0, 0.05) is 12.1 Å². The Kier molecular flexibility index (Phi) is 4.77. The van der Waals surface area contributed by atoms with Crippen LogP contribution in [0.15, 0.2) is 48.5 Å². The molecule has 0 saturated heterocycles. The summed E-state index contributed by atoms with van der Waals surface area (Å²) in [6.07, 6.45) is 2.21. The summed E-state index contributed by atoms with van der Waals surface area (Å²) < 4.78 is 0. The van der Waals surface area contributed by atoms with Gasteiger partial charge in [0.25, 0.3) is 0 Å². The maximum absolute atomic E-state index is 11.8. The average molecular weight is 269 g/mol. The largest absolute Gasteiger partial charge is 0.508 e. The third-order valence-electron chi connectivity index (χ3n) is 3.22. The van der Waals surface area contributed by atoms with Crippen molar-refractivity contribution in [2.45, 2.75) is 26.2 Å². The molecule has 0 spiro atoms. The first-order chi connectivity index (χ1) is 9.67. The van der Waals surface area contributed by atoms with Gasteiger partial charge in [-0.2, -0.15) is 0 Å². The number of aromatic hydroxyl groups is 1. The van der Waals surface area contributed by atoms with E-state index in [9.17, 15) is 9.90 Å². The highest BCUT2D eigenvalue weighted by Crippen LogP contribution is 2.14. The molecule has 0 aliphatic carbocycles. The lowest BCUT2D eigenvalue weighted by atomic mass is 10.1. The van der Waals surface area contributed by atoms with Crippen LogP contribution in [0.2, 0.25) is 0 Å². The second kappa shape index (κ2) is 6.75. The quantitative estimate of drug-likeness (QED) is 0.816. The molecule has 0 aliphatic heterocycles. The second-order valence-corrected chi connectivity index (χ2v) is 4.77. The molecule has 0 saturated carbocycles. The number of phenols is 1. The molecule has 0 unspecified atom stereocenters. The third-order valence-corrected chi connectivity index (χ3v) is 3.22. The summed E-state index contributed by atoms with van der Waals surface area (Å²) in [5.41, 5.74) is 3.18. The molecule has 20 heavy (non-hydrogen) atoms. The predicted octanol–water partition coefficient (Wildman–Crippen LogP) is 3.53. The molecule has 2 rings (SSSR count). The number of amides is 1. The number of anilines is 1. The number of carbonyl (C=O) groups excluding carboxylic acids is 1. The summed E-state index contributed by atoms with van der Waals surface area (Å²) >= 11 is 0. The molecule has 2 aromatic rings. The third kappa shape index (κ3) is 4.12. The van der Waals surface area contributed by atoms with Gasteiger partial charge in [0.05, 0.1) is 0 Å². The fourth-order valence-corrected chi connectivity index (χ4v) is 1.97. The number of carbonyl (C=O) groups is 1. The van der Waals surface area contributed by atoms with Gasteiger partial charge in [-0.05, 0) is 48.2 Å². The summed E-state index contributed by atoms with van der Waals surface area (Å²) in [4.78, 5) is 11.8. The molecule has 0 fully saturated rings. The smallest absolute Gasteiger partial charge is 0.224 e. The lowest BCUT2D eigenvalue weighted by Gasteiger charge is -2.06. The first-order valence-corrected chi connectivity index (χ1v) is 6.84. The van der Waals surface area contributed by atoms with E-state index < -0.39 is 0 Å². The van der Waals surface area contributed by atoms with Crippen LogP contribution in [-0.2, 0) is 17.6 Å². The number of hydrogen-bond donors (Lipinski definition) is 2. The molecule has 1 amide bonds. The van der Waals surface area contributed by atoms with Crippen LogP contribution in [-0.4, -0.2) is 11.0 Å². The summed E-state index contributed by atoms with van der Waals surface area (Å²) in [5.74, 6) is 0.175. The van der Waals surface area contributed by atoms with Crippen molar-refractivity contribution >= 4 is 11.6 Å². The Labute approximate surface area is 119 Å². The van der Waals surface area contributed by atoms with Gasteiger partial charge < -0.3 is 10.4 Å². The zero-order chi connectivity index (χ0) is 14.4. The number of aryl methyl sites for hydroxylation is 2. The molecule has 0 heterocycles. The molecular weight excluding hydrogens is 250 g/mol. The molecule has 0 aromatic heterocycles. The molecule has 3 heteroatoms.